The van der Waals surface area contributed by atoms with E-state index >= 15 is 0 Å². The Kier molecular flexibility index (Phi) is 5.12. The van der Waals surface area contributed by atoms with E-state index in [9.17, 15) is 4.79 Å². The van der Waals surface area contributed by atoms with Crippen LogP contribution in [-0.4, -0.2) is 12.5 Å². The third-order valence-corrected chi connectivity index (χ3v) is 3.65. The van der Waals surface area contributed by atoms with Gasteiger partial charge in [0.1, 0.15) is 0 Å². The standard InChI is InChI=1S/C18H22N2O/c1-13-8-9-17(10-15(13)3)20-18(21)12-19-11-16-7-5-4-6-14(16)2/h4-10,19H,11-12H2,1-3H3,(H,20,21). The van der Waals surface area contributed by atoms with E-state index in [4.69, 9.17) is 0 Å². The molecule has 2 aromatic carbocycles. The minimum Gasteiger partial charge on any atom is -0.325 e. The second kappa shape index (κ2) is 7.04. The topological polar surface area (TPSA) is 41.1 Å². The molecule has 0 unspecified atom stereocenters. The van der Waals surface area contributed by atoms with E-state index in [-0.39, 0.29) is 5.91 Å². The Morgan fingerprint density at radius 2 is 1.71 bits per heavy atom. The molecule has 0 atom stereocenters. The molecule has 0 aliphatic heterocycles. The lowest BCUT2D eigenvalue weighted by molar-refractivity contribution is -0.115. The van der Waals surface area contributed by atoms with Crippen LogP contribution in [0.3, 0.4) is 0 Å². The Morgan fingerprint density at radius 1 is 0.952 bits per heavy atom. The molecule has 3 heteroatoms. The predicted molar refractivity (Wildman–Crippen MR) is 87.4 cm³/mol. The molecule has 0 aromatic heterocycles. The van der Waals surface area contributed by atoms with Crippen LogP contribution in [0, 0.1) is 20.8 Å². The zero-order chi connectivity index (χ0) is 15.2. The van der Waals surface area contributed by atoms with Gasteiger partial charge in [-0.1, -0.05) is 30.3 Å². The Bertz CT molecular complexity index is 635. The largest absolute Gasteiger partial charge is 0.325 e. The molecule has 0 saturated heterocycles. The first-order chi connectivity index (χ1) is 10.1. The highest BCUT2D eigenvalue weighted by Gasteiger charge is 2.04. The monoisotopic (exact) mass is 282 g/mol. The van der Waals surface area contributed by atoms with Crippen molar-refractivity contribution in [2.75, 3.05) is 11.9 Å². The maximum Gasteiger partial charge on any atom is 0.238 e. The fraction of sp³-hybridized carbons (Fsp3) is 0.278. The average molecular weight is 282 g/mol. The van der Waals surface area contributed by atoms with Crippen LogP contribution < -0.4 is 10.6 Å². The van der Waals surface area contributed by atoms with E-state index in [2.05, 4.69) is 36.6 Å². The number of carbonyl (C=O) groups is 1. The summed E-state index contributed by atoms with van der Waals surface area (Å²) < 4.78 is 0. The van der Waals surface area contributed by atoms with Gasteiger partial charge in [0.2, 0.25) is 5.91 Å². The van der Waals surface area contributed by atoms with Gasteiger partial charge in [-0.25, -0.2) is 0 Å². The van der Waals surface area contributed by atoms with E-state index in [0.29, 0.717) is 13.1 Å². The van der Waals surface area contributed by atoms with Gasteiger partial charge in [-0.3, -0.25) is 4.79 Å². The van der Waals surface area contributed by atoms with Crippen LogP contribution in [0.15, 0.2) is 42.5 Å². The molecule has 2 aromatic rings. The highest BCUT2D eigenvalue weighted by Crippen LogP contribution is 2.13. The maximum atomic E-state index is 11.9. The van der Waals surface area contributed by atoms with Crippen molar-refractivity contribution in [3.63, 3.8) is 0 Å². The van der Waals surface area contributed by atoms with Crippen molar-refractivity contribution in [3.8, 4) is 0 Å². The summed E-state index contributed by atoms with van der Waals surface area (Å²) in [5.41, 5.74) is 5.71. The van der Waals surface area contributed by atoms with Crippen molar-refractivity contribution in [1.29, 1.82) is 0 Å². The van der Waals surface area contributed by atoms with Crippen LogP contribution in [-0.2, 0) is 11.3 Å². The Hall–Kier alpha value is -2.13. The zero-order valence-corrected chi connectivity index (χ0v) is 12.9. The van der Waals surface area contributed by atoms with Crippen LogP contribution >= 0.6 is 0 Å². The van der Waals surface area contributed by atoms with Gasteiger partial charge >= 0.3 is 0 Å². The summed E-state index contributed by atoms with van der Waals surface area (Å²) in [6, 6.07) is 14.1. The number of anilines is 1. The summed E-state index contributed by atoms with van der Waals surface area (Å²) in [4.78, 5) is 11.9. The summed E-state index contributed by atoms with van der Waals surface area (Å²) in [6.45, 7) is 7.19. The van der Waals surface area contributed by atoms with Crippen LogP contribution in [0.2, 0.25) is 0 Å². The Labute approximate surface area is 126 Å². The van der Waals surface area contributed by atoms with Crippen molar-refractivity contribution in [3.05, 3.63) is 64.7 Å². The van der Waals surface area contributed by atoms with Gasteiger partial charge in [0.15, 0.2) is 0 Å². The van der Waals surface area contributed by atoms with Crippen LogP contribution in [0.5, 0.6) is 0 Å². The number of benzene rings is 2. The average Bonchev–Trinajstić information content (AvgIpc) is 2.45. The van der Waals surface area contributed by atoms with E-state index in [0.717, 1.165) is 5.69 Å². The molecule has 21 heavy (non-hydrogen) atoms. The number of hydrogen-bond donors (Lipinski definition) is 2. The fourth-order valence-electron chi connectivity index (χ4n) is 2.14. The molecule has 2 rings (SSSR count). The lowest BCUT2D eigenvalue weighted by Gasteiger charge is -2.09. The van der Waals surface area contributed by atoms with E-state index < -0.39 is 0 Å². The molecule has 0 heterocycles. The molecule has 3 nitrogen and oxygen atoms in total. The quantitative estimate of drug-likeness (QED) is 0.883. The molecule has 110 valence electrons. The smallest absolute Gasteiger partial charge is 0.238 e. The van der Waals surface area contributed by atoms with Crippen LogP contribution in [0.4, 0.5) is 5.69 Å². The minimum absolute atomic E-state index is 0.0214. The summed E-state index contributed by atoms with van der Waals surface area (Å²) in [5.74, 6) is -0.0214. The summed E-state index contributed by atoms with van der Waals surface area (Å²) >= 11 is 0. The molecular weight excluding hydrogens is 260 g/mol. The van der Waals surface area contributed by atoms with Gasteiger partial charge in [0.05, 0.1) is 6.54 Å². The van der Waals surface area contributed by atoms with Crippen LogP contribution in [0.25, 0.3) is 0 Å². The van der Waals surface area contributed by atoms with Gasteiger partial charge in [-0.15, -0.1) is 0 Å². The molecule has 0 fully saturated rings. The maximum absolute atomic E-state index is 11.9. The first-order valence-electron chi connectivity index (χ1n) is 7.18. The molecule has 0 saturated carbocycles. The minimum atomic E-state index is -0.0214. The van der Waals surface area contributed by atoms with Crippen molar-refractivity contribution in [2.45, 2.75) is 27.3 Å². The molecule has 0 radical (unpaired) electrons. The highest BCUT2D eigenvalue weighted by molar-refractivity contribution is 5.92. The second-order valence-corrected chi connectivity index (χ2v) is 5.38. The van der Waals surface area contributed by atoms with Crippen molar-refractivity contribution in [1.82, 2.24) is 5.32 Å². The van der Waals surface area contributed by atoms with E-state index in [1.807, 2.05) is 37.3 Å². The van der Waals surface area contributed by atoms with E-state index in [1.54, 1.807) is 0 Å². The Morgan fingerprint density at radius 3 is 2.43 bits per heavy atom. The van der Waals surface area contributed by atoms with Crippen molar-refractivity contribution in [2.24, 2.45) is 0 Å². The molecule has 0 bridgehead atoms. The van der Waals surface area contributed by atoms with Crippen LogP contribution in [0.1, 0.15) is 22.3 Å². The number of hydrogen-bond acceptors (Lipinski definition) is 2. The van der Waals surface area contributed by atoms with Crippen molar-refractivity contribution >= 4 is 11.6 Å². The highest BCUT2D eigenvalue weighted by atomic mass is 16.1. The predicted octanol–water partition coefficient (Wildman–Crippen LogP) is 3.34. The SMILES string of the molecule is Cc1ccc(NC(=O)CNCc2ccccc2C)cc1C. The fourth-order valence-corrected chi connectivity index (χ4v) is 2.14. The lowest BCUT2D eigenvalue weighted by atomic mass is 10.1. The zero-order valence-electron chi connectivity index (χ0n) is 12.9. The molecular formula is C18H22N2O. The van der Waals surface area contributed by atoms with Gasteiger partial charge in [0.25, 0.3) is 0 Å². The molecule has 0 aliphatic carbocycles. The summed E-state index contributed by atoms with van der Waals surface area (Å²) in [5, 5.41) is 6.09. The Balaban J connectivity index is 1.82. The van der Waals surface area contributed by atoms with Gasteiger partial charge in [-0.2, -0.15) is 0 Å². The third-order valence-electron chi connectivity index (χ3n) is 3.65. The normalized spacial score (nSPS) is 10.4. The lowest BCUT2D eigenvalue weighted by Crippen LogP contribution is -2.27. The third kappa shape index (κ3) is 4.43. The number of rotatable bonds is 5. The number of amides is 1. The molecule has 0 aliphatic rings. The molecule has 2 N–H and O–H groups in total. The summed E-state index contributed by atoms with van der Waals surface area (Å²) in [6.07, 6.45) is 0. The van der Waals surface area contributed by atoms with Gasteiger partial charge in [0, 0.05) is 12.2 Å². The van der Waals surface area contributed by atoms with Gasteiger partial charge in [-0.05, 0) is 55.2 Å². The number of nitrogens with one attached hydrogen (secondary N) is 2. The first-order valence-corrected chi connectivity index (χ1v) is 7.18. The summed E-state index contributed by atoms with van der Waals surface area (Å²) in [7, 11) is 0. The first kappa shape index (κ1) is 15.3. The van der Waals surface area contributed by atoms with E-state index in [1.165, 1.54) is 22.3 Å². The molecule has 1 amide bonds. The number of aryl methyl sites for hydroxylation is 3. The van der Waals surface area contributed by atoms with Gasteiger partial charge < -0.3 is 10.6 Å². The van der Waals surface area contributed by atoms with Crippen molar-refractivity contribution < 1.29 is 4.79 Å². The number of carbonyl (C=O) groups excluding carboxylic acids is 1. The molecule has 0 spiro atoms. The second-order valence-electron chi connectivity index (χ2n) is 5.38.